The van der Waals surface area contributed by atoms with E-state index < -0.39 is 0 Å². The number of urea groups is 1. The Balaban J connectivity index is 1.86. The van der Waals surface area contributed by atoms with Crippen LogP contribution in [0.4, 0.5) is 16.2 Å². The summed E-state index contributed by atoms with van der Waals surface area (Å²) in [5, 5.41) is 5.53. The largest absolute Gasteiger partial charge is 0.372 e. The zero-order valence-electron chi connectivity index (χ0n) is 14.5. The van der Waals surface area contributed by atoms with Crippen molar-refractivity contribution in [2.45, 2.75) is 20.8 Å². The molecule has 0 fully saturated rings. The van der Waals surface area contributed by atoms with Gasteiger partial charge >= 0.3 is 6.03 Å². The molecule has 2 rings (SSSR count). The van der Waals surface area contributed by atoms with Crippen molar-refractivity contribution in [2.24, 2.45) is 0 Å². The van der Waals surface area contributed by atoms with E-state index in [2.05, 4.69) is 29.4 Å². The summed E-state index contributed by atoms with van der Waals surface area (Å²) in [5.41, 5.74) is 4.19. The van der Waals surface area contributed by atoms with E-state index >= 15 is 0 Å². The Morgan fingerprint density at radius 2 is 1.62 bits per heavy atom. The molecule has 2 N–H and O–H groups in total. The van der Waals surface area contributed by atoms with E-state index in [0.29, 0.717) is 0 Å². The topological polar surface area (TPSA) is 44.4 Å². The molecule has 0 aliphatic heterocycles. The molecule has 2 aromatic rings. The number of carbonyl (C=O) groups excluding carboxylic acids is 1. The molecule has 24 heavy (non-hydrogen) atoms. The van der Waals surface area contributed by atoms with Gasteiger partial charge in [-0.25, -0.2) is 4.79 Å². The second-order valence-corrected chi connectivity index (χ2v) is 5.56. The molecule has 4 heteroatoms. The fourth-order valence-electron chi connectivity index (χ4n) is 2.40. The molecule has 2 amide bonds. The van der Waals surface area contributed by atoms with Crippen LogP contribution in [0, 0.1) is 6.92 Å². The minimum atomic E-state index is -0.256. The van der Waals surface area contributed by atoms with E-state index in [1.165, 1.54) is 5.56 Å². The molecule has 0 spiro atoms. The van der Waals surface area contributed by atoms with E-state index in [-0.39, 0.29) is 6.03 Å². The zero-order valence-corrected chi connectivity index (χ0v) is 14.5. The van der Waals surface area contributed by atoms with E-state index in [4.69, 9.17) is 0 Å². The Labute approximate surface area is 144 Å². The van der Waals surface area contributed by atoms with Crippen molar-refractivity contribution in [3.63, 3.8) is 0 Å². The Morgan fingerprint density at radius 1 is 1.00 bits per heavy atom. The molecule has 0 unspecified atom stereocenters. The van der Waals surface area contributed by atoms with Crippen molar-refractivity contribution in [3.8, 4) is 0 Å². The van der Waals surface area contributed by atoms with Crippen molar-refractivity contribution in [1.82, 2.24) is 5.32 Å². The normalized spacial score (nSPS) is 10.6. The maximum Gasteiger partial charge on any atom is 0.323 e. The molecular formula is C20H25N3O. The van der Waals surface area contributed by atoms with Crippen LogP contribution in [0.5, 0.6) is 0 Å². The third kappa shape index (κ3) is 5.16. The van der Waals surface area contributed by atoms with Gasteiger partial charge < -0.3 is 15.5 Å². The Kier molecular flexibility index (Phi) is 6.43. The molecule has 0 aliphatic rings. The van der Waals surface area contributed by atoms with Gasteiger partial charge in [0.15, 0.2) is 0 Å². The zero-order chi connectivity index (χ0) is 17.4. The van der Waals surface area contributed by atoms with E-state index in [0.717, 1.165) is 30.0 Å². The molecule has 0 aromatic heterocycles. The van der Waals surface area contributed by atoms with Crippen LogP contribution in [-0.2, 0) is 0 Å². The number of hydrogen-bond acceptors (Lipinski definition) is 2. The number of anilines is 2. The second kappa shape index (κ2) is 8.77. The predicted octanol–water partition coefficient (Wildman–Crippen LogP) is 4.63. The summed E-state index contributed by atoms with van der Waals surface area (Å²) >= 11 is 0. The number of hydrogen-bond donors (Lipinski definition) is 2. The molecule has 0 aliphatic carbocycles. The first-order valence-corrected chi connectivity index (χ1v) is 8.28. The van der Waals surface area contributed by atoms with Gasteiger partial charge in [-0.05, 0) is 56.7 Å². The number of nitrogens with zero attached hydrogens (tertiary/aromatic N) is 1. The number of nitrogens with one attached hydrogen (secondary N) is 2. The van der Waals surface area contributed by atoms with Crippen LogP contribution >= 0.6 is 0 Å². The van der Waals surface area contributed by atoms with Crippen LogP contribution in [0.25, 0.3) is 6.08 Å². The fraction of sp³-hybridized carbons (Fsp3) is 0.250. The molecular weight excluding hydrogens is 298 g/mol. The molecule has 0 saturated heterocycles. The summed E-state index contributed by atoms with van der Waals surface area (Å²) in [4.78, 5) is 14.2. The highest BCUT2D eigenvalue weighted by Crippen LogP contribution is 2.17. The van der Waals surface area contributed by atoms with Crippen molar-refractivity contribution in [1.29, 1.82) is 0 Å². The maximum atomic E-state index is 11.9. The molecule has 126 valence electrons. The highest BCUT2D eigenvalue weighted by atomic mass is 16.2. The lowest BCUT2D eigenvalue weighted by atomic mass is 10.1. The first kappa shape index (κ1) is 17.6. The molecule has 0 atom stereocenters. The summed E-state index contributed by atoms with van der Waals surface area (Å²) in [7, 11) is 0. The smallest absolute Gasteiger partial charge is 0.323 e. The molecule has 4 nitrogen and oxygen atoms in total. The third-order valence-electron chi connectivity index (χ3n) is 3.82. The molecule has 0 saturated carbocycles. The van der Waals surface area contributed by atoms with Crippen LogP contribution < -0.4 is 15.5 Å². The fourth-order valence-corrected chi connectivity index (χ4v) is 2.40. The lowest BCUT2D eigenvalue weighted by Crippen LogP contribution is -2.24. The minimum absolute atomic E-state index is 0.256. The Morgan fingerprint density at radius 3 is 2.21 bits per heavy atom. The van der Waals surface area contributed by atoms with Gasteiger partial charge in [-0.2, -0.15) is 0 Å². The van der Waals surface area contributed by atoms with Crippen LogP contribution in [0.2, 0.25) is 0 Å². The highest BCUT2D eigenvalue weighted by molar-refractivity contribution is 5.90. The highest BCUT2D eigenvalue weighted by Gasteiger charge is 2.03. The van der Waals surface area contributed by atoms with Crippen molar-refractivity contribution < 1.29 is 4.79 Å². The average molecular weight is 323 g/mol. The number of carbonyl (C=O) groups is 1. The molecule has 2 aromatic carbocycles. The minimum Gasteiger partial charge on any atom is -0.372 e. The third-order valence-corrected chi connectivity index (χ3v) is 3.82. The quantitative estimate of drug-likeness (QED) is 0.814. The van der Waals surface area contributed by atoms with Gasteiger partial charge in [-0.1, -0.05) is 29.8 Å². The maximum absolute atomic E-state index is 11.9. The number of benzene rings is 2. The van der Waals surface area contributed by atoms with Gasteiger partial charge in [-0.15, -0.1) is 0 Å². The number of aryl methyl sites for hydroxylation is 1. The summed E-state index contributed by atoms with van der Waals surface area (Å²) in [6, 6.07) is 15.7. The van der Waals surface area contributed by atoms with Crippen LogP contribution in [0.3, 0.4) is 0 Å². The lowest BCUT2D eigenvalue weighted by Gasteiger charge is -2.21. The lowest BCUT2D eigenvalue weighted by molar-refractivity contribution is 0.255. The molecule has 0 bridgehead atoms. The van der Waals surface area contributed by atoms with Gasteiger partial charge in [0.05, 0.1) is 0 Å². The summed E-state index contributed by atoms with van der Waals surface area (Å²) in [6.07, 6.45) is 3.51. The van der Waals surface area contributed by atoms with Gasteiger partial charge in [0.25, 0.3) is 0 Å². The van der Waals surface area contributed by atoms with Crippen molar-refractivity contribution in [2.75, 3.05) is 23.3 Å². The molecule has 0 heterocycles. The van der Waals surface area contributed by atoms with Crippen LogP contribution in [0.15, 0.2) is 54.7 Å². The van der Waals surface area contributed by atoms with Gasteiger partial charge in [0.2, 0.25) is 0 Å². The van der Waals surface area contributed by atoms with Crippen LogP contribution in [-0.4, -0.2) is 19.1 Å². The first-order valence-electron chi connectivity index (χ1n) is 8.28. The van der Waals surface area contributed by atoms with Crippen molar-refractivity contribution in [3.05, 3.63) is 65.9 Å². The standard InChI is InChI=1S/C20H25N3O/c1-4-23(5-2)19-12-10-18(11-13-19)22-20(24)21-15-14-17-8-6-16(3)7-9-17/h6-15H,4-5H2,1-3H3,(H2,21,22,24)/b15-14+. The summed E-state index contributed by atoms with van der Waals surface area (Å²) in [6.45, 7) is 8.23. The Bertz CT molecular complexity index is 671. The predicted molar refractivity (Wildman–Crippen MR) is 102 cm³/mol. The van der Waals surface area contributed by atoms with E-state index in [1.54, 1.807) is 6.20 Å². The van der Waals surface area contributed by atoms with Gasteiger partial charge in [0, 0.05) is 30.7 Å². The van der Waals surface area contributed by atoms with Crippen molar-refractivity contribution >= 4 is 23.5 Å². The van der Waals surface area contributed by atoms with Crippen LogP contribution in [0.1, 0.15) is 25.0 Å². The number of amides is 2. The Hall–Kier alpha value is -2.75. The SMILES string of the molecule is CCN(CC)c1ccc(NC(=O)N/C=C/c2ccc(C)cc2)cc1. The van der Waals surface area contributed by atoms with E-state index in [1.807, 2.05) is 61.5 Å². The number of rotatable bonds is 6. The summed E-state index contributed by atoms with van der Waals surface area (Å²) < 4.78 is 0. The first-order chi connectivity index (χ1) is 11.6. The second-order valence-electron chi connectivity index (χ2n) is 5.56. The van der Waals surface area contributed by atoms with E-state index in [9.17, 15) is 4.79 Å². The average Bonchev–Trinajstić information content (AvgIpc) is 2.59. The van der Waals surface area contributed by atoms with Gasteiger partial charge in [-0.3, -0.25) is 0 Å². The monoisotopic (exact) mass is 323 g/mol. The summed E-state index contributed by atoms with van der Waals surface area (Å²) in [5.74, 6) is 0. The molecule has 0 radical (unpaired) electrons. The van der Waals surface area contributed by atoms with Gasteiger partial charge in [0.1, 0.15) is 0 Å².